The molecule has 0 radical (unpaired) electrons. The van der Waals surface area contributed by atoms with Gasteiger partial charge in [-0.1, -0.05) is 0 Å². The second kappa shape index (κ2) is 6.36. The molecule has 0 aliphatic carbocycles. The predicted octanol–water partition coefficient (Wildman–Crippen LogP) is 2.34. The van der Waals surface area contributed by atoms with Gasteiger partial charge in [0.05, 0.1) is 0 Å². The van der Waals surface area contributed by atoms with Gasteiger partial charge in [-0.15, -0.1) is 11.3 Å². The fourth-order valence-electron chi connectivity index (χ4n) is 2.25. The first-order chi connectivity index (χ1) is 9.36. The van der Waals surface area contributed by atoms with Gasteiger partial charge in [0, 0.05) is 22.7 Å². The summed E-state index contributed by atoms with van der Waals surface area (Å²) >= 11 is 3.22. The number of thiophene rings is 1. The maximum absolute atomic E-state index is 12.4. The highest BCUT2D eigenvalue weighted by Crippen LogP contribution is 2.37. The fourth-order valence-corrected chi connectivity index (χ4v) is 6.40. The third-order valence-corrected chi connectivity index (χ3v) is 8.19. The molecule has 1 aliphatic rings. The van der Waals surface area contributed by atoms with E-state index in [0.717, 1.165) is 22.6 Å². The molecule has 2 rings (SSSR count). The van der Waals surface area contributed by atoms with Crippen LogP contribution in [0.3, 0.4) is 0 Å². The van der Waals surface area contributed by atoms with Crippen molar-refractivity contribution in [1.82, 2.24) is 10.0 Å². The number of thioether (sulfide) groups is 1. The lowest BCUT2D eigenvalue weighted by Gasteiger charge is -2.22. The highest BCUT2D eigenvalue weighted by molar-refractivity contribution is 8.01. The maximum Gasteiger partial charge on any atom is 0.250 e. The monoisotopic (exact) mass is 334 g/mol. The maximum atomic E-state index is 12.4. The summed E-state index contributed by atoms with van der Waals surface area (Å²) in [4.78, 5) is 1.08. The Morgan fingerprint density at radius 2 is 2.20 bits per heavy atom. The molecule has 1 atom stereocenters. The zero-order valence-corrected chi connectivity index (χ0v) is 14.6. The predicted molar refractivity (Wildman–Crippen MR) is 87.1 cm³/mol. The molecule has 0 spiro atoms. The lowest BCUT2D eigenvalue weighted by Crippen LogP contribution is -2.36. The molecule has 2 N–H and O–H groups in total. The third kappa shape index (κ3) is 3.76. The van der Waals surface area contributed by atoms with Crippen LogP contribution in [0.15, 0.2) is 10.3 Å². The summed E-state index contributed by atoms with van der Waals surface area (Å²) in [6.07, 6.45) is 2.25. The van der Waals surface area contributed by atoms with Gasteiger partial charge in [-0.3, -0.25) is 0 Å². The van der Waals surface area contributed by atoms with Crippen LogP contribution in [0.1, 0.15) is 30.2 Å². The van der Waals surface area contributed by atoms with Crippen LogP contribution in [0.4, 0.5) is 0 Å². The van der Waals surface area contributed by atoms with Gasteiger partial charge in [-0.2, -0.15) is 11.8 Å². The minimum Gasteiger partial charge on any atom is -0.315 e. The van der Waals surface area contributed by atoms with Gasteiger partial charge in [0.25, 0.3) is 0 Å². The van der Waals surface area contributed by atoms with Crippen molar-refractivity contribution in [3.8, 4) is 0 Å². The van der Waals surface area contributed by atoms with Gasteiger partial charge in [0.1, 0.15) is 4.21 Å². The molecule has 0 bridgehead atoms. The van der Waals surface area contributed by atoms with Crippen molar-refractivity contribution in [3.63, 3.8) is 0 Å². The molecular formula is C13H22N2O2S3. The molecule has 1 aromatic heterocycles. The Bertz CT molecular complexity index is 560. The van der Waals surface area contributed by atoms with Crippen molar-refractivity contribution in [3.05, 3.63) is 16.5 Å². The van der Waals surface area contributed by atoms with Crippen LogP contribution < -0.4 is 10.0 Å². The second-order valence-electron chi connectivity index (χ2n) is 5.43. The SMILES string of the molecule is CNCc1sc(S(=O)(=O)NCC2(C)CCCS2)cc1C. The normalized spacial score (nSPS) is 23.4. The van der Waals surface area contributed by atoms with E-state index in [1.165, 1.54) is 17.8 Å². The molecule has 1 saturated heterocycles. The Morgan fingerprint density at radius 3 is 2.80 bits per heavy atom. The van der Waals surface area contributed by atoms with Gasteiger partial charge in [-0.05, 0) is 51.1 Å². The van der Waals surface area contributed by atoms with Crippen LogP contribution in [0, 0.1) is 6.92 Å². The van der Waals surface area contributed by atoms with Crippen molar-refractivity contribution in [1.29, 1.82) is 0 Å². The largest absolute Gasteiger partial charge is 0.315 e. The van der Waals surface area contributed by atoms with E-state index in [-0.39, 0.29) is 4.75 Å². The molecular weight excluding hydrogens is 312 g/mol. The zero-order valence-electron chi connectivity index (χ0n) is 12.2. The Kier molecular flexibility index (Phi) is 5.18. The molecule has 1 aliphatic heterocycles. The summed E-state index contributed by atoms with van der Waals surface area (Å²) in [5, 5.41) is 3.06. The summed E-state index contributed by atoms with van der Waals surface area (Å²) in [6, 6.07) is 1.77. The van der Waals surface area contributed by atoms with Crippen LogP contribution >= 0.6 is 23.1 Å². The molecule has 114 valence electrons. The van der Waals surface area contributed by atoms with Gasteiger partial charge in [0.15, 0.2) is 0 Å². The first kappa shape index (κ1) is 16.3. The molecule has 4 nitrogen and oxygen atoms in total. The van der Waals surface area contributed by atoms with Crippen LogP contribution in [-0.2, 0) is 16.6 Å². The molecule has 7 heteroatoms. The smallest absolute Gasteiger partial charge is 0.250 e. The number of aryl methyl sites for hydroxylation is 1. The van der Waals surface area contributed by atoms with Crippen molar-refractivity contribution in [2.75, 3.05) is 19.3 Å². The lowest BCUT2D eigenvalue weighted by atomic mass is 10.1. The number of hydrogen-bond donors (Lipinski definition) is 2. The number of hydrogen-bond acceptors (Lipinski definition) is 5. The Labute approximate surface area is 129 Å². The van der Waals surface area contributed by atoms with Crippen molar-refractivity contribution < 1.29 is 8.42 Å². The molecule has 1 fully saturated rings. The zero-order chi connectivity index (χ0) is 14.8. The lowest BCUT2D eigenvalue weighted by molar-refractivity contribution is 0.554. The Hall–Kier alpha value is -0.0800. The highest BCUT2D eigenvalue weighted by Gasteiger charge is 2.31. The number of rotatable bonds is 6. The molecule has 2 heterocycles. The van der Waals surface area contributed by atoms with Crippen LogP contribution in [0.25, 0.3) is 0 Å². The van der Waals surface area contributed by atoms with Gasteiger partial charge < -0.3 is 5.32 Å². The van der Waals surface area contributed by atoms with Crippen LogP contribution in [0.2, 0.25) is 0 Å². The van der Waals surface area contributed by atoms with E-state index in [1.807, 2.05) is 25.7 Å². The third-order valence-electron chi connectivity index (χ3n) is 3.54. The molecule has 1 unspecified atom stereocenters. The molecule has 20 heavy (non-hydrogen) atoms. The van der Waals surface area contributed by atoms with Gasteiger partial charge in [-0.25, -0.2) is 13.1 Å². The van der Waals surface area contributed by atoms with E-state index in [2.05, 4.69) is 17.0 Å². The van der Waals surface area contributed by atoms with Gasteiger partial charge in [0.2, 0.25) is 10.0 Å². The first-order valence-corrected chi connectivity index (χ1v) is 10.0. The van der Waals surface area contributed by atoms with Crippen molar-refractivity contribution >= 4 is 33.1 Å². The molecule has 1 aromatic rings. The van der Waals surface area contributed by atoms with E-state index >= 15 is 0 Å². The highest BCUT2D eigenvalue weighted by atomic mass is 32.2. The number of nitrogens with one attached hydrogen (secondary N) is 2. The van der Waals surface area contributed by atoms with Crippen LogP contribution in [-0.4, -0.2) is 32.5 Å². The van der Waals surface area contributed by atoms with E-state index in [0.29, 0.717) is 17.3 Å². The topological polar surface area (TPSA) is 58.2 Å². The van der Waals surface area contributed by atoms with Crippen molar-refractivity contribution in [2.45, 2.75) is 42.2 Å². The van der Waals surface area contributed by atoms with Gasteiger partial charge >= 0.3 is 0 Å². The van der Waals surface area contributed by atoms with Crippen molar-refractivity contribution in [2.24, 2.45) is 0 Å². The standard InChI is InChI=1S/C13H22N2O2S3/c1-10-7-12(19-11(10)8-14-3)20(16,17)15-9-13(2)5-4-6-18-13/h7,14-15H,4-6,8-9H2,1-3H3. The average Bonchev–Trinajstić information content (AvgIpc) is 2.97. The first-order valence-electron chi connectivity index (χ1n) is 6.74. The van der Waals surface area contributed by atoms with E-state index < -0.39 is 10.0 Å². The minimum absolute atomic E-state index is 0.0488. The summed E-state index contributed by atoms with van der Waals surface area (Å²) in [5.41, 5.74) is 1.03. The quantitative estimate of drug-likeness (QED) is 0.838. The Balaban J connectivity index is 2.08. The average molecular weight is 335 g/mol. The molecule has 0 saturated carbocycles. The molecule has 0 aromatic carbocycles. The number of sulfonamides is 1. The second-order valence-corrected chi connectivity index (χ2v) is 10.2. The van der Waals surface area contributed by atoms with E-state index in [1.54, 1.807) is 6.07 Å². The molecule has 0 amide bonds. The summed E-state index contributed by atoms with van der Waals surface area (Å²) < 4.78 is 28.0. The summed E-state index contributed by atoms with van der Waals surface area (Å²) in [7, 11) is -1.51. The van der Waals surface area contributed by atoms with E-state index in [9.17, 15) is 8.42 Å². The summed E-state index contributed by atoms with van der Waals surface area (Å²) in [6.45, 7) is 5.31. The van der Waals surface area contributed by atoms with Crippen LogP contribution in [0.5, 0.6) is 0 Å². The van der Waals surface area contributed by atoms with E-state index in [4.69, 9.17) is 0 Å². The Morgan fingerprint density at radius 1 is 1.45 bits per heavy atom. The summed E-state index contributed by atoms with van der Waals surface area (Å²) in [5.74, 6) is 1.13. The minimum atomic E-state index is -3.38. The fraction of sp³-hybridized carbons (Fsp3) is 0.692.